The van der Waals surface area contributed by atoms with Gasteiger partial charge in [-0.15, -0.1) is 0 Å². The average molecular weight is 334 g/mol. The Morgan fingerprint density at radius 1 is 1.43 bits per heavy atom. The number of carbonyl (C=O) groups is 2. The molecule has 2 fully saturated rings. The van der Waals surface area contributed by atoms with Crippen LogP contribution in [0.25, 0.3) is 0 Å². The molecule has 3 rings (SSSR count). The van der Waals surface area contributed by atoms with Gasteiger partial charge < -0.3 is 14.9 Å². The van der Waals surface area contributed by atoms with Gasteiger partial charge in [-0.25, -0.2) is 0 Å². The smallest absolute Gasteiger partial charge is 0.308 e. The van der Waals surface area contributed by atoms with Crippen molar-refractivity contribution in [2.75, 3.05) is 24.5 Å². The first kappa shape index (κ1) is 15.7. The maximum atomic E-state index is 12.0. The van der Waals surface area contributed by atoms with Crippen molar-refractivity contribution >= 4 is 28.4 Å². The largest absolute Gasteiger partial charge is 0.481 e. The molecule has 3 heterocycles. The van der Waals surface area contributed by atoms with Gasteiger partial charge in [0.1, 0.15) is 16.6 Å². The molecule has 7 nitrogen and oxygen atoms in total. The Balaban J connectivity index is 1.64. The molecular formula is C15H18N4O3S. The molecule has 2 aliphatic heterocycles. The highest BCUT2D eigenvalue weighted by atomic mass is 32.1. The summed E-state index contributed by atoms with van der Waals surface area (Å²) in [5.74, 6) is -1.52. The molecule has 0 bridgehead atoms. The number of aryl methyl sites for hydroxylation is 1. The van der Waals surface area contributed by atoms with Crippen LogP contribution < -0.4 is 4.90 Å². The van der Waals surface area contributed by atoms with Gasteiger partial charge in [-0.2, -0.15) is 9.64 Å². The summed E-state index contributed by atoms with van der Waals surface area (Å²) < 4.78 is 4.25. The molecule has 122 valence electrons. The normalized spacial score (nSPS) is 22.4. The predicted octanol–water partition coefficient (Wildman–Crippen LogP) is 1.23. The van der Waals surface area contributed by atoms with Crippen molar-refractivity contribution in [3.63, 3.8) is 0 Å². The van der Waals surface area contributed by atoms with Crippen LogP contribution in [0.2, 0.25) is 0 Å². The fraction of sp³-hybridized carbons (Fsp3) is 0.600. The first-order valence-electron chi connectivity index (χ1n) is 7.65. The molecule has 0 radical (unpaired) electrons. The second kappa shape index (κ2) is 6.16. The van der Waals surface area contributed by atoms with E-state index >= 15 is 0 Å². The lowest BCUT2D eigenvalue weighted by atomic mass is 10.0. The maximum Gasteiger partial charge on any atom is 0.308 e. The molecule has 1 aromatic heterocycles. The van der Waals surface area contributed by atoms with E-state index in [1.54, 1.807) is 4.90 Å². The molecule has 1 amide bonds. The summed E-state index contributed by atoms with van der Waals surface area (Å²) in [6.45, 7) is 3.66. The molecule has 0 aromatic carbocycles. The van der Waals surface area contributed by atoms with E-state index in [4.69, 9.17) is 5.11 Å². The SMILES string of the molecule is Cc1nsc(N2CCC(N3CC(C(=O)O)CC3=O)CC2)c1C#N. The monoisotopic (exact) mass is 334 g/mol. The second-order valence-electron chi connectivity index (χ2n) is 6.06. The molecule has 23 heavy (non-hydrogen) atoms. The highest BCUT2D eigenvalue weighted by Gasteiger charge is 2.39. The molecule has 0 spiro atoms. The molecular weight excluding hydrogens is 316 g/mol. The number of hydrogen-bond donors (Lipinski definition) is 1. The molecule has 0 aliphatic carbocycles. The summed E-state index contributed by atoms with van der Waals surface area (Å²) in [6.07, 6.45) is 1.70. The van der Waals surface area contributed by atoms with Gasteiger partial charge in [-0.3, -0.25) is 9.59 Å². The van der Waals surface area contributed by atoms with Gasteiger partial charge >= 0.3 is 5.97 Å². The van der Waals surface area contributed by atoms with Gasteiger partial charge in [-0.1, -0.05) is 0 Å². The van der Waals surface area contributed by atoms with Crippen LogP contribution in [0.5, 0.6) is 0 Å². The number of carboxylic acids is 1. The Hall–Kier alpha value is -2.14. The zero-order valence-electron chi connectivity index (χ0n) is 12.9. The van der Waals surface area contributed by atoms with Crippen molar-refractivity contribution in [2.45, 2.75) is 32.2 Å². The summed E-state index contributed by atoms with van der Waals surface area (Å²) in [5, 5.41) is 19.2. The summed E-state index contributed by atoms with van der Waals surface area (Å²) in [7, 11) is 0. The number of carbonyl (C=O) groups excluding carboxylic acids is 1. The molecule has 2 aliphatic rings. The van der Waals surface area contributed by atoms with E-state index in [1.807, 2.05) is 6.92 Å². The van der Waals surface area contributed by atoms with E-state index < -0.39 is 11.9 Å². The van der Waals surface area contributed by atoms with Crippen LogP contribution in [0, 0.1) is 24.2 Å². The first-order valence-corrected chi connectivity index (χ1v) is 8.42. The number of piperidine rings is 1. The Bertz CT molecular complexity index is 673. The first-order chi connectivity index (χ1) is 11.0. The van der Waals surface area contributed by atoms with Crippen molar-refractivity contribution in [3.8, 4) is 6.07 Å². The van der Waals surface area contributed by atoms with E-state index in [2.05, 4.69) is 15.3 Å². The molecule has 1 unspecified atom stereocenters. The Morgan fingerprint density at radius 3 is 2.70 bits per heavy atom. The third-order valence-electron chi connectivity index (χ3n) is 4.66. The van der Waals surface area contributed by atoms with Crippen LogP contribution in [0.3, 0.4) is 0 Å². The van der Waals surface area contributed by atoms with E-state index in [1.165, 1.54) is 11.5 Å². The summed E-state index contributed by atoms with van der Waals surface area (Å²) >= 11 is 1.34. The number of amides is 1. The quantitative estimate of drug-likeness (QED) is 0.893. The number of nitrogens with zero attached hydrogens (tertiary/aromatic N) is 4. The van der Waals surface area contributed by atoms with Crippen molar-refractivity contribution in [1.29, 1.82) is 5.26 Å². The predicted molar refractivity (Wildman–Crippen MR) is 84.3 cm³/mol. The van der Waals surface area contributed by atoms with Gasteiger partial charge in [0.15, 0.2) is 0 Å². The topological polar surface area (TPSA) is 97.5 Å². The van der Waals surface area contributed by atoms with Crippen molar-refractivity contribution in [1.82, 2.24) is 9.27 Å². The molecule has 8 heteroatoms. The minimum absolute atomic E-state index is 0.0535. The van der Waals surface area contributed by atoms with Gasteiger partial charge in [0.2, 0.25) is 5.91 Å². The fourth-order valence-electron chi connectivity index (χ4n) is 3.33. The Labute approximate surface area is 138 Å². The number of aromatic nitrogens is 1. The van der Waals surface area contributed by atoms with E-state index in [0.29, 0.717) is 12.1 Å². The number of likely N-dealkylation sites (tertiary alicyclic amines) is 1. The minimum atomic E-state index is -0.892. The average Bonchev–Trinajstić information content (AvgIpc) is 3.10. The number of rotatable bonds is 3. The minimum Gasteiger partial charge on any atom is -0.481 e. The summed E-state index contributed by atoms with van der Waals surface area (Å²) in [5.41, 5.74) is 1.39. The summed E-state index contributed by atoms with van der Waals surface area (Å²) in [4.78, 5) is 27.0. The number of hydrogen-bond acceptors (Lipinski definition) is 6. The second-order valence-corrected chi connectivity index (χ2v) is 6.82. The molecule has 0 saturated carbocycles. The van der Waals surface area contributed by atoms with Crippen LogP contribution in [-0.2, 0) is 9.59 Å². The van der Waals surface area contributed by atoms with Crippen LogP contribution in [-0.4, -0.2) is 51.9 Å². The highest BCUT2D eigenvalue weighted by molar-refractivity contribution is 7.10. The molecule has 1 N–H and O–H groups in total. The fourth-order valence-corrected chi connectivity index (χ4v) is 4.23. The molecule has 1 aromatic rings. The van der Waals surface area contributed by atoms with E-state index in [-0.39, 0.29) is 18.4 Å². The Kier molecular flexibility index (Phi) is 4.22. The number of aliphatic carboxylic acids is 1. The third-order valence-corrected chi connectivity index (χ3v) is 5.66. The van der Waals surface area contributed by atoms with Crippen molar-refractivity contribution in [2.24, 2.45) is 5.92 Å². The van der Waals surface area contributed by atoms with Crippen molar-refractivity contribution < 1.29 is 14.7 Å². The van der Waals surface area contributed by atoms with Crippen LogP contribution in [0.4, 0.5) is 5.00 Å². The van der Waals surface area contributed by atoms with Gasteiger partial charge in [0.05, 0.1) is 11.6 Å². The van der Waals surface area contributed by atoms with E-state index in [9.17, 15) is 14.9 Å². The Morgan fingerprint density at radius 2 is 2.13 bits per heavy atom. The lowest BCUT2D eigenvalue weighted by molar-refractivity contribution is -0.141. The van der Waals surface area contributed by atoms with Gasteiger partial charge in [-0.05, 0) is 31.3 Å². The number of carboxylic acid groups (broad SMARTS) is 1. The lowest BCUT2D eigenvalue weighted by Gasteiger charge is -2.37. The van der Waals surface area contributed by atoms with Gasteiger partial charge in [0.25, 0.3) is 0 Å². The van der Waals surface area contributed by atoms with Crippen LogP contribution in [0.15, 0.2) is 0 Å². The van der Waals surface area contributed by atoms with Gasteiger partial charge in [0, 0.05) is 32.1 Å². The molecule has 2 saturated heterocycles. The number of anilines is 1. The lowest BCUT2D eigenvalue weighted by Crippen LogP contribution is -2.45. The maximum absolute atomic E-state index is 12.0. The number of nitriles is 1. The third kappa shape index (κ3) is 2.88. The highest BCUT2D eigenvalue weighted by Crippen LogP contribution is 2.32. The van der Waals surface area contributed by atoms with Crippen molar-refractivity contribution in [3.05, 3.63) is 11.3 Å². The van der Waals surface area contributed by atoms with Crippen LogP contribution >= 0.6 is 11.5 Å². The van der Waals surface area contributed by atoms with E-state index in [0.717, 1.165) is 36.6 Å². The zero-order chi connectivity index (χ0) is 16.6. The standard InChI is InChI=1S/C15H18N4O3S/c1-9-12(7-16)14(23-17-9)18-4-2-11(3-5-18)19-8-10(15(21)22)6-13(19)20/h10-11H,2-6,8H2,1H3,(H,21,22). The zero-order valence-corrected chi connectivity index (χ0v) is 13.7. The summed E-state index contributed by atoms with van der Waals surface area (Å²) in [6, 6.07) is 2.31. The molecule has 1 atom stereocenters. The van der Waals surface area contributed by atoms with Crippen LogP contribution in [0.1, 0.15) is 30.5 Å².